The highest BCUT2D eigenvalue weighted by Crippen LogP contribution is 2.34. The Balaban J connectivity index is 1.61. The van der Waals surface area contributed by atoms with E-state index in [1.807, 2.05) is 35.7 Å². The van der Waals surface area contributed by atoms with E-state index in [4.69, 9.17) is 10.0 Å². The second kappa shape index (κ2) is 8.94. The van der Waals surface area contributed by atoms with E-state index in [1.165, 1.54) is 12.8 Å². The predicted octanol–water partition coefficient (Wildman–Crippen LogP) is 4.59. The molecule has 5 nitrogen and oxygen atoms in total. The van der Waals surface area contributed by atoms with Crippen molar-refractivity contribution in [3.63, 3.8) is 0 Å². The predicted molar refractivity (Wildman–Crippen MR) is 120 cm³/mol. The van der Waals surface area contributed by atoms with Gasteiger partial charge in [0.2, 0.25) is 5.92 Å². The first-order valence-electron chi connectivity index (χ1n) is 10.9. The number of hydrogen-bond acceptors (Lipinski definition) is 4. The Bertz CT molecular complexity index is 993. The Morgan fingerprint density at radius 2 is 2.06 bits per heavy atom. The van der Waals surface area contributed by atoms with Crippen LogP contribution >= 0.6 is 0 Å². The minimum Gasteiger partial charge on any atom is -0.356 e. The highest BCUT2D eigenvalue weighted by Gasteiger charge is 2.33. The number of alkyl halides is 2. The van der Waals surface area contributed by atoms with Crippen LogP contribution in [-0.2, 0) is 6.42 Å². The average Bonchev–Trinajstić information content (AvgIpc) is 3.55. The van der Waals surface area contributed by atoms with Crippen molar-refractivity contribution < 1.29 is 13.6 Å². The van der Waals surface area contributed by atoms with E-state index in [0.717, 1.165) is 17.3 Å². The smallest absolute Gasteiger partial charge is 0.259 e. The zero-order chi connectivity index (χ0) is 22.0. The minimum absolute atomic E-state index is 0.131. The van der Waals surface area contributed by atoms with E-state index in [9.17, 15) is 13.6 Å². The van der Waals surface area contributed by atoms with Crippen molar-refractivity contribution in [2.45, 2.75) is 51.0 Å². The molecule has 0 unspecified atom stereocenters. The largest absolute Gasteiger partial charge is 0.356 e. The van der Waals surface area contributed by atoms with Crippen LogP contribution in [0, 0.1) is 11.0 Å². The van der Waals surface area contributed by atoms with E-state index >= 15 is 0 Å². The zero-order valence-corrected chi connectivity index (χ0v) is 18.8. The fourth-order valence-electron chi connectivity index (χ4n) is 3.94. The Morgan fingerprint density at radius 1 is 1.26 bits per heavy atom. The van der Waals surface area contributed by atoms with Gasteiger partial charge in [-0.05, 0) is 67.6 Å². The van der Waals surface area contributed by atoms with E-state index in [-0.39, 0.29) is 25.3 Å². The summed E-state index contributed by atoms with van der Waals surface area (Å²) in [5.74, 6) is -1.82. The van der Waals surface area contributed by atoms with Gasteiger partial charge in [0.05, 0.1) is 5.56 Å². The average molecular weight is 443 g/mol. The van der Waals surface area contributed by atoms with Gasteiger partial charge in [-0.25, -0.2) is 13.8 Å². The standard InChI is InChI=1S/C23H28F2N4OSi/c1-31(26)19-5-2-4-17(15-19)28-22(30)20-9-8-18(14-16-6-7-16)27-21(20)29-12-3-10-23(24,25)11-13-29/h2,4-5,8-9,15-16,26H,3,6-7,10-14H2,1H3,(H,28,30). The number of nitrogens with one attached hydrogen (secondary N) is 2. The lowest BCUT2D eigenvalue weighted by Gasteiger charge is -2.24. The lowest BCUT2D eigenvalue weighted by molar-refractivity contribution is -0.0102. The van der Waals surface area contributed by atoms with Crippen LogP contribution in [0.3, 0.4) is 0 Å². The summed E-state index contributed by atoms with van der Waals surface area (Å²) < 4.78 is 27.8. The van der Waals surface area contributed by atoms with Crippen LogP contribution in [0.25, 0.3) is 0 Å². The minimum atomic E-state index is -2.67. The van der Waals surface area contributed by atoms with Crippen molar-refractivity contribution in [3.05, 3.63) is 47.7 Å². The molecule has 2 fully saturated rings. The first-order chi connectivity index (χ1) is 14.8. The molecule has 4 rings (SSSR count). The topological polar surface area (TPSA) is 69.1 Å². The number of benzene rings is 1. The second-order valence-electron chi connectivity index (χ2n) is 8.68. The van der Waals surface area contributed by atoms with Gasteiger partial charge in [-0.15, -0.1) is 0 Å². The Morgan fingerprint density at radius 3 is 2.81 bits per heavy atom. The molecule has 1 saturated heterocycles. The van der Waals surface area contributed by atoms with Gasteiger partial charge in [0.15, 0.2) is 0 Å². The highest BCUT2D eigenvalue weighted by molar-refractivity contribution is 6.59. The van der Waals surface area contributed by atoms with Crippen molar-refractivity contribution in [1.29, 1.82) is 5.05 Å². The highest BCUT2D eigenvalue weighted by atomic mass is 28.2. The second-order valence-corrected chi connectivity index (χ2v) is 10.5. The Kier molecular flexibility index (Phi) is 6.27. The molecule has 8 heteroatoms. The molecular formula is C23H28F2N4OSi. The number of hydrogen-bond donors (Lipinski definition) is 2. The Hall–Kier alpha value is -2.48. The van der Waals surface area contributed by atoms with Crippen molar-refractivity contribution in [2.24, 2.45) is 5.92 Å². The number of carbonyl (C=O) groups is 1. The number of halogens is 2. The first-order valence-corrected chi connectivity index (χ1v) is 12.9. The van der Waals surface area contributed by atoms with Crippen LogP contribution in [0.5, 0.6) is 0 Å². The van der Waals surface area contributed by atoms with E-state index < -0.39 is 14.5 Å². The van der Waals surface area contributed by atoms with Crippen molar-refractivity contribution in [1.82, 2.24) is 4.98 Å². The van der Waals surface area contributed by atoms with Crippen molar-refractivity contribution >= 4 is 31.2 Å². The lowest BCUT2D eigenvalue weighted by atomic mass is 10.1. The number of anilines is 2. The van der Waals surface area contributed by atoms with Crippen LogP contribution in [0.2, 0.25) is 6.55 Å². The van der Waals surface area contributed by atoms with Crippen LogP contribution in [0.4, 0.5) is 20.3 Å². The fourth-order valence-corrected chi connectivity index (χ4v) is 4.66. The molecule has 1 aliphatic heterocycles. The van der Waals surface area contributed by atoms with E-state index in [2.05, 4.69) is 5.32 Å². The van der Waals surface area contributed by atoms with Crippen LogP contribution < -0.4 is 15.4 Å². The number of aromatic nitrogens is 1. The molecular weight excluding hydrogens is 414 g/mol. The lowest BCUT2D eigenvalue weighted by Crippen LogP contribution is -2.30. The molecule has 1 saturated carbocycles. The summed E-state index contributed by atoms with van der Waals surface area (Å²) in [6, 6.07) is 11.0. The quantitative estimate of drug-likeness (QED) is 0.643. The van der Waals surface area contributed by atoms with Crippen molar-refractivity contribution in [2.75, 3.05) is 23.3 Å². The van der Waals surface area contributed by atoms with Crippen molar-refractivity contribution in [3.8, 4) is 0 Å². The molecule has 0 bridgehead atoms. The molecule has 0 radical (unpaired) electrons. The van der Waals surface area contributed by atoms with Gasteiger partial charge >= 0.3 is 0 Å². The van der Waals surface area contributed by atoms with Gasteiger partial charge in [0.1, 0.15) is 14.4 Å². The molecule has 2 aromatic rings. The summed E-state index contributed by atoms with van der Waals surface area (Å²) in [5, 5.41) is 11.8. The number of pyridine rings is 1. The maximum atomic E-state index is 13.9. The zero-order valence-electron chi connectivity index (χ0n) is 17.8. The number of nitrogens with zero attached hydrogens (tertiary/aromatic N) is 2. The molecule has 2 N–H and O–H groups in total. The van der Waals surface area contributed by atoms with E-state index in [0.29, 0.717) is 36.0 Å². The SMILES string of the molecule is C[Si](=N)c1cccc(NC(=O)c2ccc(CC3CC3)nc2N2CCCC(F)(F)CC2)c1. The van der Waals surface area contributed by atoms with Gasteiger partial charge in [-0.1, -0.05) is 12.1 Å². The number of carbonyl (C=O) groups excluding carboxylic acids is 1. The van der Waals surface area contributed by atoms with Gasteiger partial charge in [0, 0.05) is 37.3 Å². The molecule has 0 atom stereocenters. The maximum Gasteiger partial charge on any atom is 0.259 e. The molecule has 1 amide bonds. The third-order valence-corrected chi connectivity index (χ3v) is 7.12. The molecule has 2 heterocycles. The molecule has 164 valence electrons. The molecule has 31 heavy (non-hydrogen) atoms. The number of amides is 1. The summed E-state index contributed by atoms with van der Waals surface area (Å²) in [5.41, 5.74) is 1.96. The molecule has 1 aromatic heterocycles. The molecule has 1 aromatic carbocycles. The Labute approximate surface area is 183 Å². The fraction of sp³-hybridized carbons (Fsp3) is 0.478. The third-order valence-electron chi connectivity index (χ3n) is 5.94. The van der Waals surface area contributed by atoms with Crippen LogP contribution in [0.15, 0.2) is 36.4 Å². The summed E-state index contributed by atoms with van der Waals surface area (Å²) in [7, 11) is -1.38. The van der Waals surface area contributed by atoms with E-state index in [1.54, 1.807) is 12.1 Å². The summed E-state index contributed by atoms with van der Waals surface area (Å²) >= 11 is 0. The van der Waals surface area contributed by atoms with Gasteiger partial charge in [0.25, 0.3) is 5.91 Å². The third kappa shape index (κ3) is 5.61. The number of rotatable bonds is 6. The summed E-state index contributed by atoms with van der Waals surface area (Å²) in [4.78, 5) is 19.8. The van der Waals surface area contributed by atoms with Gasteiger partial charge in [-0.3, -0.25) is 4.79 Å². The van der Waals surface area contributed by atoms with Crippen LogP contribution in [-0.4, -0.2) is 38.5 Å². The van der Waals surface area contributed by atoms with Gasteiger partial charge in [-0.2, -0.15) is 0 Å². The first kappa shape index (κ1) is 21.7. The summed E-state index contributed by atoms with van der Waals surface area (Å²) in [6.45, 7) is 2.52. The molecule has 2 aliphatic rings. The molecule has 0 spiro atoms. The monoisotopic (exact) mass is 442 g/mol. The maximum absolute atomic E-state index is 13.9. The molecule has 1 aliphatic carbocycles. The van der Waals surface area contributed by atoms with Gasteiger partial charge < -0.3 is 15.3 Å². The summed E-state index contributed by atoms with van der Waals surface area (Å²) in [6.07, 6.45) is 3.27. The van der Waals surface area contributed by atoms with Crippen LogP contribution in [0.1, 0.15) is 48.2 Å². The normalized spacial score (nSPS) is 18.4.